The molecule has 0 saturated carbocycles. The summed E-state index contributed by atoms with van der Waals surface area (Å²) in [6.07, 6.45) is 0.250. The molecule has 5 nitrogen and oxygen atoms in total. The molecule has 1 rings (SSSR count). The maximum atomic E-state index is 11.9. The minimum absolute atomic E-state index is 0.151. The van der Waals surface area contributed by atoms with Crippen molar-refractivity contribution in [1.29, 1.82) is 0 Å². The summed E-state index contributed by atoms with van der Waals surface area (Å²) in [5, 5.41) is 5.16. The van der Waals surface area contributed by atoms with Gasteiger partial charge in [-0.2, -0.15) is 0 Å². The van der Waals surface area contributed by atoms with Crippen molar-refractivity contribution in [3.63, 3.8) is 0 Å². The number of imide groups is 1. The molecule has 0 aliphatic rings. The zero-order valence-electron chi connectivity index (χ0n) is 11.7. The molecule has 7 heteroatoms. The average molecular weight is 331 g/mol. The lowest BCUT2D eigenvalue weighted by Gasteiger charge is -2.08. The Morgan fingerprint density at radius 1 is 1.14 bits per heavy atom. The van der Waals surface area contributed by atoms with Crippen molar-refractivity contribution in [3.05, 3.63) is 33.8 Å². The Morgan fingerprint density at radius 2 is 1.81 bits per heavy atom. The summed E-state index contributed by atoms with van der Waals surface area (Å²) in [6, 6.07) is 4.45. The van der Waals surface area contributed by atoms with Crippen molar-refractivity contribution in [2.24, 2.45) is 5.92 Å². The normalized spacial score (nSPS) is 10.3. The lowest BCUT2D eigenvalue weighted by Crippen LogP contribution is -2.40. The molecule has 3 amide bonds. The van der Waals surface area contributed by atoms with Crippen LogP contribution in [-0.2, 0) is 9.59 Å². The number of rotatable bonds is 5. The topological polar surface area (TPSA) is 75.3 Å². The zero-order valence-corrected chi connectivity index (χ0v) is 13.2. The predicted molar refractivity (Wildman–Crippen MR) is 81.4 cm³/mol. The van der Waals surface area contributed by atoms with Crippen molar-refractivity contribution in [3.8, 4) is 0 Å². The third kappa shape index (κ3) is 6.14. The van der Waals surface area contributed by atoms with Gasteiger partial charge >= 0.3 is 0 Å². The molecule has 0 aliphatic heterocycles. The van der Waals surface area contributed by atoms with Crippen LogP contribution in [0.15, 0.2) is 18.2 Å². The molecule has 0 spiro atoms. The third-order valence-corrected chi connectivity index (χ3v) is 3.02. The first kappa shape index (κ1) is 17.5. The third-order valence-electron chi connectivity index (χ3n) is 2.46. The van der Waals surface area contributed by atoms with Crippen LogP contribution in [0.3, 0.4) is 0 Å². The molecule has 114 valence electrons. The number of hydrogen-bond acceptors (Lipinski definition) is 3. The molecule has 21 heavy (non-hydrogen) atoms. The number of benzene rings is 1. The Bertz CT molecular complexity index is 559. The second-order valence-corrected chi connectivity index (χ2v) is 5.72. The number of carbonyl (C=O) groups excluding carboxylic acids is 3. The fraction of sp³-hybridized carbons (Fsp3) is 0.357. The van der Waals surface area contributed by atoms with Crippen molar-refractivity contribution < 1.29 is 14.4 Å². The van der Waals surface area contributed by atoms with Gasteiger partial charge in [-0.25, -0.2) is 0 Å². The van der Waals surface area contributed by atoms with Gasteiger partial charge in [-0.15, -0.1) is 0 Å². The van der Waals surface area contributed by atoms with Gasteiger partial charge in [0.1, 0.15) is 0 Å². The van der Waals surface area contributed by atoms with Crippen LogP contribution < -0.4 is 10.6 Å². The number of amides is 3. The van der Waals surface area contributed by atoms with Gasteiger partial charge in [0.05, 0.1) is 17.1 Å². The Hall–Kier alpha value is -1.59. The SMILES string of the molecule is CC(C)CC(=O)NC(=O)CNC(=O)c1cc(Cl)ccc1Cl. The monoisotopic (exact) mass is 330 g/mol. The first-order chi connectivity index (χ1) is 9.79. The van der Waals surface area contributed by atoms with E-state index in [4.69, 9.17) is 23.2 Å². The minimum atomic E-state index is -0.577. The summed E-state index contributed by atoms with van der Waals surface area (Å²) in [5.74, 6) is -1.33. The molecule has 0 radical (unpaired) electrons. The Labute approximate surface area is 133 Å². The molecule has 0 aliphatic carbocycles. The summed E-state index contributed by atoms with van der Waals surface area (Å²) >= 11 is 11.7. The molecular formula is C14H16Cl2N2O3. The van der Waals surface area contributed by atoms with Crippen molar-refractivity contribution in [2.45, 2.75) is 20.3 Å². The molecule has 0 fully saturated rings. The van der Waals surface area contributed by atoms with Gasteiger partial charge in [-0.05, 0) is 24.1 Å². The molecule has 2 N–H and O–H groups in total. The van der Waals surface area contributed by atoms with E-state index in [1.165, 1.54) is 12.1 Å². The van der Waals surface area contributed by atoms with E-state index in [9.17, 15) is 14.4 Å². The van der Waals surface area contributed by atoms with E-state index < -0.39 is 11.8 Å². The second-order valence-electron chi connectivity index (χ2n) is 4.88. The lowest BCUT2D eigenvalue weighted by molar-refractivity contribution is -0.130. The highest BCUT2D eigenvalue weighted by atomic mass is 35.5. The first-order valence-electron chi connectivity index (χ1n) is 6.35. The average Bonchev–Trinajstić information content (AvgIpc) is 2.37. The summed E-state index contributed by atoms with van der Waals surface area (Å²) in [5.41, 5.74) is 0.172. The maximum Gasteiger partial charge on any atom is 0.253 e. The highest BCUT2D eigenvalue weighted by Gasteiger charge is 2.14. The number of carbonyl (C=O) groups is 3. The van der Waals surface area contributed by atoms with Gasteiger partial charge in [0.15, 0.2) is 0 Å². The van der Waals surface area contributed by atoms with Gasteiger partial charge in [0.25, 0.3) is 5.91 Å². The van der Waals surface area contributed by atoms with Crippen LogP contribution in [-0.4, -0.2) is 24.3 Å². The predicted octanol–water partition coefficient (Wildman–Crippen LogP) is 2.41. The van der Waals surface area contributed by atoms with Crippen LogP contribution in [0, 0.1) is 5.92 Å². The Kier molecular flexibility index (Phi) is 6.65. The van der Waals surface area contributed by atoms with E-state index in [1.54, 1.807) is 6.07 Å². The molecule has 0 bridgehead atoms. The van der Waals surface area contributed by atoms with E-state index in [2.05, 4.69) is 10.6 Å². The molecule has 0 aromatic heterocycles. The molecular weight excluding hydrogens is 315 g/mol. The molecule has 0 heterocycles. The quantitative estimate of drug-likeness (QED) is 0.870. The highest BCUT2D eigenvalue weighted by Crippen LogP contribution is 2.20. The van der Waals surface area contributed by atoms with E-state index in [0.717, 1.165) is 0 Å². The zero-order chi connectivity index (χ0) is 16.0. The summed E-state index contributed by atoms with van der Waals surface area (Å²) in [7, 11) is 0. The van der Waals surface area contributed by atoms with Gasteiger partial charge in [-0.1, -0.05) is 37.0 Å². The van der Waals surface area contributed by atoms with Crippen LogP contribution in [0.4, 0.5) is 0 Å². The maximum absolute atomic E-state index is 11.9. The number of nitrogens with one attached hydrogen (secondary N) is 2. The van der Waals surface area contributed by atoms with E-state index in [-0.39, 0.29) is 35.4 Å². The molecule has 0 atom stereocenters. The second kappa shape index (κ2) is 8.00. The van der Waals surface area contributed by atoms with Gasteiger partial charge in [0, 0.05) is 11.4 Å². The largest absolute Gasteiger partial charge is 0.343 e. The van der Waals surface area contributed by atoms with Crippen LogP contribution in [0.5, 0.6) is 0 Å². The van der Waals surface area contributed by atoms with Gasteiger partial charge in [0.2, 0.25) is 11.8 Å². The molecule has 1 aromatic rings. The van der Waals surface area contributed by atoms with Crippen LogP contribution >= 0.6 is 23.2 Å². The van der Waals surface area contributed by atoms with Gasteiger partial charge in [-0.3, -0.25) is 19.7 Å². The van der Waals surface area contributed by atoms with Crippen molar-refractivity contribution in [1.82, 2.24) is 10.6 Å². The smallest absolute Gasteiger partial charge is 0.253 e. The number of halogens is 2. The van der Waals surface area contributed by atoms with E-state index in [1.807, 2.05) is 13.8 Å². The fourth-order valence-corrected chi connectivity index (χ4v) is 1.92. The summed E-state index contributed by atoms with van der Waals surface area (Å²) in [6.45, 7) is 3.42. The molecule has 1 aromatic carbocycles. The minimum Gasteiger partial charge on any atom is -0.343 e. The van der Waals surface area contributed by atoms with E-state index in [0.29, 0.717) is 5.02 Å². The summed E-state index contributed by atoms with van der Waals surface area (Å²) in [4.78, 5) is 34.8. The van der Waals surface area contributed by atoms with Crippen LogP contribution in [0.2, 0.25) is 10.0 Å². The van der Waals surface area contributed by atoms with Crippen LogP contribution in [0.1, 0.15) is 30.6 Å². The van der Waals surface area contributed by atoms with Crippen molar-refractivity contribution in [2.75, 3.05) is 6.54 Å². The Balaban J connectivity index is 2.51. The number of hydrogen-bond donors (Lipinski definition) is 2. The highest BCUT2D eigenvalue weighted by molar-refractivity contribution is 6.35. The van der Waals surface area contributed by atoms with Gasteiger partial charge < -0.3 is 5.32 Å². The summed E-state index contributed by atoms with van der Waals surface area (Å²) < 4.78 is 0. The molecule has 0 unspecified atom stereocenters. The lowest BCUT2D eigenvalue weighted by atomic mass is 10.1. The van der Waals surface area contributed by atoms with E-state index >= 15 is 0 Å². The fourth-order valence-electron chi connectivity index (χ4n) is 1.55. The van der Waals surface area contributed by atoms with Crippen LogP contribution in [0.25, 0.3) is 0 Å². The Morgan fingerprint density at radius 3 is 2.43 bits per heavy atom. The van der Waals surface area contributed by atoms with Crippen molar-refractivity contribution >= 4 is 40.9 Å². The molecule has 0 saturated heterocycles. The first-order valence-corrected chi connectivity index (χ1v) is 7.11. The standard InChI is InChI=1S/C14H16Cl2N2O3/c1-8(2)5-12(19)18-13(20)7-17-14(21)10-6-9(15)3-4-11(10)16/h3-4,6,8H,5,7H2,1-2H3,(H,17,21)(H,18,19,20).